The summed E-state index contributed by atoms with van der Waals surface area (Å²) in [4.78, 5) is 0. The van der Waals surface area contributed by atoms with Gasteiger partial charge in [0, 0.05) is 0 Å². The van der Waals surface area contributed by atoms with Crippen LogP contribution in [0.5, 0.6) is 0 Å². The van der Waals surface area contributed by atoms with Crippen molar-refractivity contribution in [1.82, 2.24) is 0 Å². The van der Waals surface area contributed by atoms with Crippen LogP contribution < -0.4 is 0 Å². The maximum absolute atomic E-state index is 10.5. The highest BCUT2D eigenvalue weighted by Crippen LogP contribution is 2.52. The van der Waals surface area contributed by atoms with Crippen molar-refractivity contribution >= 4 is 0 Å². The summed E-state index contributed by atoms with van der Waals surface area (Å²) in [6.45, 7) is 11.5. The monoisotopic (exact) mass is 546 g/mol. The predicted molar refractivity (Wildman–Crippen MR) is 133 cm³/mol. The molecule has 7 N–H and O–H groups in total. The number of ether oxygens (including phenoxy) is 4. The van der Waals surface area contributed by atoms with Gasteiger partial charge < -0.3 is 54.7 Å². The minimum atomic E-state index is -1.51. The lowest BCUT2D eigenvalue weighted by Gasteiger charge is -2.52. The highest BCUT2D eigenvalue weighted by molar-refractivity contribution is 5.16. The third kappa shape index (κ3) is 5.71. The molecule has 11 nitrogen and oxygen atoms in total. The van der Waals surface area contributed by atoms with E-state index in [1.807, 2.05) is 13.8 Å². The molecule has 0 bridgehead atoms. The standard InChI is InChI=1S/C27H46O11/c1-11-8-14(27(4,5)38-26-24(34)21(31)19(29)13(3)35-26)9-16-12(2)17(7-6-15(11)16)36-25-23(33)22(32)20(30)18(10-28)37-25/h11,13-26,28-34H,2,6-10H2,1,3-5H3. The molecule has 38 heavy (non-hydrogen) atoms. The van der Waals surface area contributed by atoms with Gasteiger partial charge in [-0.2, -0.15) is 0 Å². The Labute approximate surface area is 224 Å². The number of fused-ring (bicyclic) bond motifs is 1. The van der Waals surface area contributed by atoms with Gasteiger partial charge in [0.1, 0.15) is 42.7 Å². The Morgan fingerprint density at radius 2 is 1.47 bits per heavy atom. The molecule has 0 aromatic carbocycles. The molecule has 0 radical (unpaired) electrons. The minimum Gasteiger partial charge on any atom is -0.394 e. The average molecular weight is 547 g/mol. The molecule has 15 unspecified atom stereocenters. The van der Waals surface area contributed by atoms with E-state index in [0.717, 1.165) is 24.8 Å². The molecule has 15 atom stereocenters. The van der Waals surface area contributed by atoms with Crippen molar-refractivity contribution in [2.45, 2.75) is 126 Å². The molecule has 220 valence electrons. The second kappa shape index (κ2) is 11.7. The number of hydrogen-bond acceptors (Lipinski definition) is 11. The van der Waals surface area contributed by atoms with E-state index in [1.165, 1.54) is 0 Å². The van der Waals surface area contributed by atoms with E-state index in [9.17, 15) is 35.7 Å². The molecule has 0 amide bonds. The molecule has 2 heterocycles. The zero-order valence-corrected chi connectivity index (χ0v) is 22.7. The van der Waals surface area contributed by atoms with E-state index < -0.39 is 79.7 Å². The van der Waals surface area contributed by atoms with Crippen LogP contribution in [0.15, 0.2) is 12.2 Å². The van der Waals surface area contributed by atoms with Crippen molar-refractivity contribution in [3.8, 4) is 0 Å². The Balaban J connectivity index is 1.43. The van der Waals surface area contributed by atoms with E-state index >= 15 is 0 Å². The van der Waals surface area contributed by atoms with Gasteiger partial charge in [0.15, 0.2) is 12.6 Å². The zero-order valence-electron chi connectivity index (χ0n) is 22.7. The van der Waals surface area contributed by atoms with Gasteiger partial charge in [0.25, 0.3) is 0 Å². The lowest BCUT2D eigenvalue weighted by Crippen LogP contribution is -2.60. The summed E-state index contributed by atoms with van der Waals surface area (Å²) in [6.07, 6.45) is -9.64. The summed E-state index contributed by atoms with van der Waals surface area (Å²) in [5.41, 5.74) is 0.143. The van der Waals surface area contributed by atoms with Crippen LogP contribution in [0.2, 0.25) is 0 Å². The number of rotatable bonds is 6. The summed E-state index contributed by atoms with van der Waals surface area (Å²) in [5.74, 6) is 0.906. The summed E-state index contributed by atoms with van der Waals surface area (Å²) in [5, 5.41) is 70.9. The van der Waals surface area contributed by atoms with Gasteiger partial charge in [-0.25, -0.2) is 0 Å². The SMILES string of the molecule is C=C1C(OC2OC(CO)C(O)C(O)C2O)CCC2C(C)CC(C(C)(C)OC3OC(C)C(O)C(O)C3O)CC12. The topological polar surface area (TPSA) is 179 Å². The maximum Gasteiger partial charge on any atom is 0.187 e. The first-order chi connectivity index (χ1) is 17.8. The molecular weight excluding hydrogens is 500 g/mol. The fourth-order valence-corrected chi connectivity index (χ4v) is 6.85. The number of aliphatic hydroxyl groups is 7. The van der Waals surface area contributed by atoms with E-state index in [1.54, 1.807) is 6.92 Å². The summed E-state index contributed by atoms with van der Waals surface area (Å²) in [6, 6.07) is 0. The quantitative estimate of drug-likeness (QED) is 0.167. The Bertz CT molecular complexity index is 821. The lowest BCUT2D eigenvalue weighted by atomic mass is 9.58. The molecule has 2 saturated heterocycles. The largest absolute Gasteiger partial charge is 0.394 e. The molecule has 2 aliphatic heterocycles. The van der Waals surface area contributed by atoms with E-state index in [4.69, 9.17) is 18.9 Å². The van der Waals surface area contributed by atoms with Crippen LogP contribution in [0.1, 0.15) is 53.4 Å². The fraction of sp³-hybridized carbons (Fsp3) is 0.926. The predicted octanol–water partition coefficient (Wildman–Crippen LogP) is -0.577. The normalized spacial score (nSPS) is 50.5. The van der Waals surface area contributed by atoms with E-state index in [0.29, 0.717) is 18.3 Å². The van der Waals surface area contributed by atoms with Gasteiger partial charge in [-0.15, -0.1) is 0 Å². The van der Waals surface area contributed by atoms with Gasteiger partial charge in [-0.3, -0.25) is 0 Å². The van der Waals surface area contributed by atoms with Crippen LogP contribution in [-0.2, 0) is 18.9 Å². The number of hydrogen-bond donors (Lipinski definition) is 7. The molecule has 0 spiro atoms. The molecule has 11 heteroatoms. The van der Waals surface area contributed by atoms with Gasteiger partial charge in [0.05, 0.1) is 24.4 Å². The van der Waals surface area contributed by atoms with Crippen molar-refractivity contribution in [3.63, 3.8) is 0 Å². The summed E-state index contributed by atoms with van der Waals surface area (Å²) in [7, 11) is 0. The molecular formula is C27H46O11. The zero-order chi connectivity index (χ0) is 28.1. The van der Waals surface area contributed by atoms with Crippen LogP contribution in [0.4, 0.5) is 0 Å². The van der Waals surface area contributed by atoms with Crippen molar-refractivity contribution in [1.29, 1.82) is 0 Å². The fourth-order valence-electron chi connectivity index (χ4n) is 6.85. The molecule has 0 aromatic rings. The molecule has 0 aromatic heterocycles. The molecule has 2 aliphatic carbocycles. The first kappa shape index (κ1) is 30.3. The smallest absolute Gasteiger partial charge is 0.187 e. The Morgan fingerprint density at radius 3 is 2.13 bits per heavy atom. The van der Waals surface area contributed by atoms with E-state index in [2.05, 4.69) is 13.5 Å². The highest BCUT2D eigenvalue weighted by Gasteiger charge is 2.51. The second-order valence-corrected chi connectivity index (χ2v) is 12.3. The summed E-state index contributed by atoms with van der Waals surface area (Å²) >= 11 is 0. The Hall–Kier alpha value is -0.700. The van der Waals surface area contributed by atoms with Gasteiger partial charge in [0.2, 0.25) is 0 Å². The van der Waals surface area contributed by atoms with E-state index in [-0.39, 0.29) is 11.8 Å². The highest BCUT2D eigenvalue weighted by atomic mass is 16.7. The first-order valence-corrected chi connectivity index (χ1v) is 13.8. The third-order valence-electron chi connectivity index (χ3n) is 9.45. The van der Waals surface area contributed by atoms with Crippen molar-refractivity contribution in [2.75, 3.05) is 6.61 Å². The second-order valence-electron chi connectivity index (χ2n) is 12.3. The maximum atomic E-state index is 10.5. The van der Waals surface area contributed by atoms with Crippen LogP contribution in [0.3, 0.4) is 0 Å². The molecule has 4 rings (SSSR count). The van der Waals surface area contributed by atoms with Crippen molar-refractivity contribution in [2.24, 2.45) is 23.7 Å². The number of aliphatic hydroxyl groups excluding tert-OH is 7. The third-order valence-corrected chi connectivity index (χ3v) is 9.45. The average Bonchev–Trinajstić information content (AvgIpc) is 2.87. The first-order valence-electron chi connectivity index (χ1n) is 13.8. The Kier molecular flexibility index (Phi) is 9.28. The van der Waals surface area contributed by atoms with Crippen molar-refractivity contribution in [3.05, 3.63) is 12.2 Å². The lowest BCUT2D eigenvalue weighted by molar-refractivity contribution is -0.324. The van der Waals surface area contributed by atoms with Gasteiger partial charge >= 0.3 is 0 Å². The van der Waals surface area contributed by atoms with Crippen LogP contribution in [0, 0.1) is 23.7 Å². The molecule has 4 aliphatic rings. The van der Waals surface area contributed by atoms with Crippen molar-refractivity contribution < 1.29 is 54.7 Å². The van der Waals surface area contributed by atoms with Crippen LogP contribution >= 0.6 is 0 Å². The Morgan fingerprint density at radius 1 is 0.842 bits per heavy atom. The summed E-state index contributed by atoms with van der Waals surface area (Å²) < 4.78 is 23.6. The minimum absolute atomic E-state index is 0.0663. The molecule has 4 fully saturated rings. The van der Waals surface area contributed by atoms with Crippen LogP contribution in [-0.4, -0.2) is 115 Å². The molecule has 2 saturated carbocycles. The van der Waals surface area contributed by atoms with Gasteiger partial charge in [-0.1, -0.05) is 13.5 Å². The van der Waals surface area contributed by atoms with Crippen LogP contribution in [0.25, 0.3) is 0 Å². The van der Waals surface area contributed by atoms with Gasteiger partial charge in [-0.05, 0) is 75.7 Å².